The fraction of sp³-hybridized carbons (Fsp3) is 0. The molecule has 1 amide bonds. The van der Waals surface area contributed by atoms with E-state index >= 15 is 0 Å². The van der Waals surface area contributed by atoms with E-state index in [-0.39, 0.29) is 15.0 Å². The topological polar surface area (TPSA) is 88.7 Å². The number of carbonyl (C=O) groups excluding carboxylic acids is 1. The minimum Gasteiger partial charge on any atom is -0.266 e. The molecular formula is C19H10F2N4O3S2. The van der Waals surface area contributed by atoms with E-state index in [0.29, 0.717) is 27.1 Å². The summed E-state index contributed by atoms with van der Waals surface area (Å²) in [6.45, 7) is 0. The van der Waals surface area contributed by atoms with Gasteiger partial charge >= 0.3 is 5.00 Å². The van der Waals surface area contributed by atoms with Gasteiger partial charge in [0, 0.05) is 6.07 Å². The molecule has 2 heterocycles. The third kappa shape index (κ3) is 4.07. The number of hydrogen-bond donors (Lipinski definition) is 0. The Morgan fingerprint density at radius 1 is 1.07 bits per heavy atom. The Labute approximate surface area is 175 Å². The van der Waals surface area contributed by atoms with Crippen LogP contribution in [0, 0.1) is 21.7 Å². The van der Waals surface area contributed by atoms with Gasteiger partial charge in [-0.25, -0.2) is 13.8 Å². The summed E-state index contributed by atoms with van der Waals surface area (Å²) in [6.07, 6.45) is 1.34. The second kappa shape index (κ2) is 8.05. The largest absolute Gasteiger partial charge is 0.324 e. The van der Waals surface area contributed by atoms with Crippen LogP contribution >= 0.6 is 22.7 Å². The van der Waals surface area contributed by atoms with Gasteiger partial charge in [0.1, 0.15) is 16.5 Å². The van der Waals surface area contributed by atoms with Crippen LogP contribution in [0.2, 0.25) is 0 Å². The maximum Gasteiger partial charge on any atom is 0.324 e. The van der Waals surface area contributed by atoms with E-state index in [9.17, 15) is 23.7 Å². The highest BCUT2D eigenvalue weighted by atomic mass is 32.1. The van der Waals surface area contributed by atoms with Crippen LogP contribution in [0.1, 0.15) is 15.2 Å². The first-order valence-corrected chi connectivity index (χ1v) is 9.98. The molecule has 7 nitrogen and oxygen atoms in total. The first-order chi connectivity index (χ1) is 14.4. The molecule has 0 radical (unpaired) electrons. The van der Waals surface area contributed by atoms with Gasteiger partial charge in [0.05, 0.1) is 21.4 Å². The highest BCUT2D eigenvalue weighted by Crippen LogP contribution is 2.32. The number of anilines is 1. The quantitative estimate of drug-likeness (QED) is 0.240. The maximum atomic E-state index is 13.5. The minimum atomic E-state index is -0.633. The van der Waals surface area contributed by atoms with Crippen molar-refractivity contribution >= 4 is 55.1 Å². The highest BCUT2D eigenvalue weighted by molar-refractivity contribution is 7.22. The molecule has 4 aromatic rings. The summed E-state index contributed by atoms with van der Waals surface area (Å²) in [6, 6.07) is 12.0. The molecule has 0 saturated heterocycles. The van der Waals surface area contributed by atoms with E-state index in [1.807, 2.05) is 0 Å². The molecule has 0 aliphatic carbocycles. The predicted octanol–water partition coefficient (Wildman–Crippen LogP) is 5.23. The summed E-state index contributed by atoms with van der Waals surface area (Å²) in [4.78, 5) is 27.8. The molecule has 30 heavy (non-hydrogen) atoms. The van der Waals surface area contributed by atoms with E-state index in [0.717, 1.165) is 16.3 Å². The predicted molar refractivity (Wildman–Crippen MR) is 111 cm³/mol. The molecule has 0 spiro atoms. The molecule has 0 unspecified atom stereocenters. The molecule has 0 saturated carbocycles. The van der Waals surface area contributed by atoms with Gasteiger partial charge in [-0.05, 0) is 42.0 Å². The van der Waals surface area contributed by atoms with Gasteiger partial charge in [-0.1, -0.05) is 34.8 Å². The second-order valence-corrected chi connectivity index (χ2v) is 7.99. The van der Waals surface area contributed by atoms with Crippen molar-refractivity contribution in [2.45, 2.75) is 0 Å². The van der Waals surface area contributed by atoms with Crippen molar-refractivity contribution in [3.05, 3.63) is 86.8 Å². The number of benzene rings is 2. The molecule has 150 valence electrons. The molecule has 4 rings (SSSR count). The van der Waals surface area contributed by atoms with Gasteiger partial charge < -0.3 is 0 Å². The first kappa shape index (κ1) is 19.7. The maximum absolute atomic E-state index is 13.5. The Hall–Kier alpha value is -3.57. The molecule has 0 atom stereocenters. The standard InChI is InChI=1S/C19H10F2N4O3S2/c20-12-3-1-11(2-4-12)10-22-24(18(26)15-7-8-17(29-15)25(27)28)19-23-14-6-5-13(21)9-16(14)30-19/h1-10H/b22-10+. The zero-order valence-electron chi connectivity index (χ0n) is 14.9. The summed E-state index contributed by atoms with van der Waals surface area (Å²) in [5, 5.41) is 16.1. The molecule has 2 aromatic heterocycles. The zero-order chi connectivity index (χ0) is 21.3. The fourth-order valence-electron chi connectivity index (χ4n) is 2.48. The van der Waals surface area contributed by atoms with Gasteiger partial charge in [0.15, 0.2) is 0 Å². The van der Waals surface area contributed by atoms with Gasteiger partial charge in [-0.15, -0.1) is 0 Å². The number of nitro groups is 1. The van der Waals surface area contributed by atoms with Crippen molar-refractivity contribution in [1.82, 2.24) is 4.98 Å². The van der Waals surface area contributed by atoms with Crippen LogP contribution in [0.4, 0.5) is 18.9 Å². The molecule has 11 heteroatoms. The number of thiophene rings is 1. The van der Waals surface area contributed by atoms with Crippen molar-refractivity contribution in [3.63, 3.8) is 0 Å². The lowest BCUT2D eigenvalue weighted by Crippen LogP contribution is -2.24. The molecule has 0 N–H and O–H groups in total. The van der Waals surface area contributed by atoms with Gasteiger partial charge in [-0.3, -0.25) is 14.9 Å². The number of hydrazone groups is 1. The fourth-order valence-corrected chi connectivity index (χ4v) is 4.18. The average Bonchev–Trinajstić information content (AvgIpc) is 3.36. The van der Waals surface area contributed by atoms with Crippen LogP contribution in [0.25, 0.3) is 10.2 Å². The van der Waals surface area contributed by atoms with E-state index < -0.39 is 22.5 Å². The third-order valence-corrected chi connectivity index (χ3v) is 5.91. The highest BCUT2D eigenvalue weighted by Gasteiger charge is 2.24. The molecule has 0 aliphatic rings. The van der Waals surface area contributed by atoms with Crippen molar-refractivity contribution in [3.8, 4) is 0 Å². The van der Waals surface area contributed by atoms with Crippen molar-refractivity contribution < 1.29 is 18.5 Å². The molecule has 0 aliphatic heterocycles. The first-order valence-electron chi connectivity index (χ1n) is 8.35. The van der Waals surface area contributed by atoms with E-state index in [1.54, 1.807) is 0 Å². The third-order valence-electron chi connectivity index (χ3n) is 3.89. The summed E-state index contributed by atoms with van der Waals surface area (Å²) in [7, 11) is 0. The zero-order valence-corrected chi connectivity index (χ0v) is 16.5. The molecule has 2 aromatic carbocycles. The normalized spacial score (nSPS) is 11.3. The smallest absolute Gasteiger partial charge is 0.266 e. The van der Waals surface area contributed by atoms with Crippen molar-refractivity contribution in [2.75, 3.05) is 5.01 Å². The Balaban J connectivity index is 1.75. The molecular weight excluding hydrogens is 434 g/mol. The van der Waals surface area contributed by atoms with Crippen LogP contribution < -0.4 is 5.01 Å². The summed E-state index contributed by atoms with van der Waals surface area (Å²) in [5.41, 5.74) is 1.00. The summed E-state index contributed by atoms with van der Waals surface area (Å²) >= 11 is 1.75. The summed E-state index contributed by atoms with van der Waals surface area (Å²) < 4.78 is 27.2. The lowest BCUT2D eigenvalue weighted by molar-refractivity contribution is -0.380. The van der Waals surface area contributed by atoms with Gasteiger partial charge in [0.2, 0.25) is 5.13 Å². The lowest BCUT2D eigenvalue weighted by Gasteiger charge is -2.12. The number of thiazole rings is 1. The number of carbonyl (C=O) groups is 1. The Bertz CT molecular complexity index is 1280. The van der Waals surface area contributed by atoms with Crippen LogP contribution in [0.5, 0.6) is 0 Å². The van der Waals surface area contributed by atoms with E-state index in [4.69, 9.17) is 0 Å². The lowest BCUT2D eigenvalue weighted by atomic mass is 10.2. The number of hydrogen-bond acceptors (Lipinski definition) is 7. The Morgan fingerprint density at radius 3 is 2.50 bits per heavy atom. The number of aromatic nitrogens is 1. The van der Waals surface area contributed by atoms with Crippen LogP contribution in [-0.2, 0) is 0 Å². The Kier molecular flexibility index (Phi) is 5.29. The van der Waals surface area contributed by atoms with Crippen LogP contribution in [-0.4, -0.2) is 22.0 Å². The monoisotopic (exact) mass is 444 g/mol. The van der Waals surface area contributed by atoms with E-state index in [1.165, 1.54) is 60.8 Å². The van der Waals surface area contributed by atoms with Gasteiger partial charge in [-0.2, -0.15) is 10.1 Å². The van der Waals surface area contributed by atoms with Gasteiger partial charge in [0.25, 0.3) is 5.91 Å². The number of halogens is 2. The van der Waals surface area contributed by atoms with Crippen LogP contribution in [0.15, 0.2) is 59.7 Å². The average molecular weight is 444 g/mol. The van der Waals surface area contributed by atoms with E-state index in [2.05, 4.69) is 10.1 Å². The van der Waals surface area contributed by atoms with Crippen molar-refractivity contribution in [2.24, 2.45) is 5.10 Å². The van der Waals surface area contributed by atoms with Crippen LogP contribution in [0.3, 0.4) is 0 Å². The molecule has 0 bridgehead atoms. The Morgan fingerprint density at radius 2 is 1.80 bits per heavy atom. The number of nitrogens with zero attached hydrogens (tertiary/aromatic N) is 4. The molecule has 0 fully saturated rings. The summed E-state index contributed by atoms with van der Waals surface area (Å²) in [5.74, 6) is -1.50. The number of amides is 1. The number of rotatable bonds is 5. The minimum absolute atomic E-state index is 0.0865. The number of fused-ring (bicyclic) bond motifs is 1. The SMILES string of the molecule is O=C(c1ccc([N+](=O)[O-])s1)N(/N=C/c1ccc(F)cc1)c1nc2ccc(F)cc2s1. The van der Waals surface area contributed by atoms with Crippen molar-refractivity contribution in [1.29, 1.82) is 0 Å². The second-order valence-electron chi connectivity index (χ2n) is 5.92.